The summed E-state index contributed by atoms with van der Waals surface area (Å²) in [6, 6.07) is 14.4. The molecule has 0 unspecified atom stereocenters. The number of aryl methyl sites for hydroxylation is 2. The van der Waals surface area contributed by atoms with Gasteiger partial charge in [0.25, 0.3) is 0 Å². The molecule has 0 radical (unpaired) electrons. The molecule has 0 spiro atoms. The molecule has 3 nitrogen and oxygen atoms in total. The van der Waals surface area contributed by atoms with E-state index < -0.39 is 0 Å². The molecule has 0 aromatic heterocycles. The molecular weight excluding hydrogens is 262 g/mol. The Morgan fingerprint density at radius 2 is 1.90 bits per heavy atom. The third kappa shape index (κ3) is 4.88. The van der Waals surface area contributed by atoms with E-state index in [2.05, 4.69) is 37.4 Å². The van der Waals surface area contributed by atoms with Crippen LogP contribution in [0.2, 0.25) is 0 Å². The lowest BCUT2D eigenvalue weighted by Gasteiger charge is -2.11. The zero-order valence-corrected chi connectivity index (χ0v) is 13.0. The van der Waals surface area contributed by atoms with Crippen LogP contribution in [0.15, 0.2) is 42.5 Å². The summed E-state index contributed by atoms with van der Waals surface area (Å²) in [7, 11) is 1.71. The fourth-order valence-electron chi connectivity index (χ4n) is 2.15. The van der Waals surface area contributed by atoms with Crippen LogP contribution in [0.1, 0.15) is 16.7 Å². The monoisotopic (exact) mass is 285 g/mol. The molecule has 2 aromatic rings. The van der Waals surface area contributed by atoms with Gasteiger partial charge < -0.3 is 14.8 Å². The SMILES string of the molecule is COCCNCc1ccc(Oc2cccc(C)c2)c(C)c1. The lowest BCUT2D eigenvalue weighted by Crippen LogP contribution is -2.18. The van der Waals surface area contributed by atoms with Gasteiger partial charge in [-0.1, -0.05) is 24.3 Å². The van der Waals surface area contributed by atoms with Crippen LogP contribution < -0.4 is 10.1 Å². The van der Waals surface area contributed by atoms with E-state index in [1.807, 2.05) is 24.3 Å². The van der Waals surface area contributed by atoms with Crippen LogP contribution in [-0.2, 0) is 11.3 Å². The average Bonchev–Trinajstić information content (AvgIpc) is 2.46. The number of benzene rings is 2. The van der Waals surface area contributed by atoms with Gasteiger partial charge in [0.1, 0.15) is 11.5 Å². The van der Waals surface area contributed by atoms with Crippen molar-refractivity contribution in [1.82, 2.24) is 5.32 Å². The van der Waals surface area contributed by atoms with Gasteiger partial charge in [0.05, 0.1) is 6.61 Å². The summed E-state index contributed by atoms with van der Waals surface area (Å²) in [5.74, 6) is 1.78. The molecule has 0 fully saturated rings. The zero-order valence-electron chi connectivity index (χ0n) is 13.0. The van der Waals surface area contributed by atoms with Crippen LogP contribution in [0.25, 0.3) is 0 Å². The molecule has 3 heteroatoms. The van der Waals surface area contributed by atoms with E-state index in [4.69, 9.17) is 9.47 Å². The second kappa shape index (κ2) is 7.81. The summed E-state index contributed by atoms with van der Waals surface area (Å²) >= 11 is 0. The Labute approximate surface area is 126 Å². The molecule has 2 rings (SSSR count). The molecule has 1 N–H and O–H groups in total. The van der Waals surface area contributed by atoms with Gasteiger partial charge in [0, 0.05) is 20.2 Å². The standard InChI is InChI=1S/C18H23NO2/c1-14-5-4-6-17(11-14)21-18-8-7-16(12-15(18)2)13-19-9-10-20-3/h4-8,11-12,19H,9-10,13H2,1-3H3. The number of methoxy groups -OCH3 is 1. The molecule has 21 heavy (non-hydrogen) atoms. The predicted molar refractivity (Wildman–Crippen MR) is 86.0 cm³/mol. The highest BCUT2D eigenvalue weighted by atomic mass is 16.5. The van der Waals surface area contributed by atoms with Crippen LogP contribution in [0.3, 0.4) is 0 Å². The highest BCUT2D eigenvalue weighted by Gasteiger charge is 2.03. The number of rotatable bonds is 7. The minimum atomic E-state index is 0.730. The summed E-state index contributed by atoms with van der Waals surface area (Å²) in [5, 5.41) is 3.34. The predicted octanol–water partition coefficient (Wildman–Crippen LogP) is 3.83. The zero-order chi connectivity index (χ0) is 15.1. The number of ether oxygens (including phenoxy) is 2. The van der Waals surface area contributed by atoms with Crippen molar-refractivity contribution in [2.45, 2.75) is 20.4 Å². The maximum atomic E-state index is 5.95. The third-order valence-corrected chi connectivity index (χ3v) is 3.27. The first-order chi connectivity index (χ1) is 10.2. The molecule has 0 aliphatic rings. The molecule has 0 heterocycles. The summed E-state index contributed by atoms with van der Waals surface area (Å²) in [6.45, 7) is 6.57. The van der Waals surface area contributed by atoms with Crippen molar-refractivity contribution in [3.05, 3.63) is 59.2 Å². The largest absolute Gasteiger partial charge is 0.457 e. The minimum absolute atomic E-state index is 0.730. The van der Waals surface area contributed by atoms with E-state index in [9.17, 15) is 0 Å². The van der Waals surface area contributed by atoms with E-state index in [1.54, 1.807) is 7.11 Å². The molecule has 112 valence electrons. The fraction of sp³-hybridized carbons (Fsp3) is 0.333. The first-order valence-electron chi connectivity index (χ1n) is 7.23. The summed E-state index contributed by atoms with van der Waals surface area (Å²) < 4.78 is 11.0. The van der Waals surface area contributed by atoms with Gasteiger partial charge in [-0.2, -0.15) is 0 Å². The Kier molecular flexibility index (Phi) is 5.78. The number of hydrogen-bond acceptors (Lipinski definition) is 3. The van der Waals surface area contributed by atoms with Gasteiger partial charge in [-0.25, -0.2) is 0 Å². The van der Waals surface area contributed by atoms with Gasteiger partial charge in [-0.15, -0.1) is 0 Å². The lowest BCUT2D eigenvalue weighted by molar-refractivity contribution is 0.199. The van der Waals surface area contributed by atoms with Gasteiger partial charge >= 0.3 is 0 Å². The molecular formula is C18H23NO2. The van der Waals surface area contributed by atoms with Gasteiger partial charge in [0.15, 0.2) is 0 Å². The Balaban J connectivity index is 1.98. The minimum Gasteiger partial charge on any atom is -0.457 e. The maximum Gasteiger partial charge on any atom is 0.130 e. The second-order valence-corrected chi connectivity index (χ2v) is 5.19. The van der Waals surface area contributed by atoms with Crippen molar-refractivity contribution in [2.75, 3.05) is 20.3 Å². The van der Waals surface area contributed by atoms with Crippen molar-refractivity contribution in [2.24, 2.45) is 0 Å². The number of nitrogens with one attached hydrogen (secondary N) is 1. The third-order valence-electron chi connectivity index (χ3n) is 3.27. The van der Waals surface area contributed by atoms with Crippen molar-refractivity contribution >= 4 is 0 Å². The maximum absolute atomic E-state index is 5.95. The first kappa shape index (κ1) is 15.5. The first-order valence-corrected chi connectivity index (χ1v) is 7.23. The topological polar surface area (TPSA) is 30.5 Å². The normalized spacial score (nSPS) is 10.6. The summed E-state index contributed by atoms with van der Waals surface area (Å²) in [6.07, 6.45) is 0. The molecule has 2 aromatic carbocycles. The summed E-state index contributed by atoms with van der Waals surface area (Å²) in [4.78, 5) is 0. The van der Waals surface area contributed by atoms with E-state index >= 15 is 0 Å². The highest BCUT2D eigenvalue weighted by Crippen LogP contribution is 2.26. The summed E-state index contributed by atoms with van der Waals surface area (Å²) in [5.41, 5.74) is 3.59. The van der Waals surface area contributed by atoms with Gasteiger partial charge in [0.2, 0.25) is 0 Å². The molecule has 0 saturated carbocycles. The Bertz CT molecular complexity index is 581. The van der Waals surface area contributed by atoms with E-state index in [0.717, 1.165) is 36.8 Å². The molecule has 0 aliphatic carbocycles. The van der Waals surface area contributed by atoms with Gasteiger partial charge in [-0.3, -0.25) is 0 Å². The Morgan fingerprint density at radius 1 is 1.05 bits per heavy atom. The van der Waals surface area contributed by atoms with Crippen LogP contribution in [0.5, 0.6) is 11.5 Å². The Hall–Kier alpha value is -1.84. The van der Waals surface area contributed by atoms with Crippen molar-refractivity contribution in [3.63, 3.8) is 0 Å². The average molecular weight is 285 g/mol. The lowest BCUT2D eigenvalue weighted by atomic mass is 10.1. The molecule has 0 amide bonds. The highest BCUT2D eigenvalue weighted by molar-refractivity contribution is 5.40. The molecule has 0 bridgehead atoms. The Morgan fingerprint density at radius 3 is 2.62 bits per heavy atom. The van der Waals surface area contributed by atoms with Crippen LogP contribution in [-0.4, -0.2) is 20.3 Å². The van der Waals surface area contributed by atoms with Crippen molar-refractivity contribution in [3.8, 4) is 11.5 Å². The second-order valence-electron chi connectivity index (χ2n) is 5.19. The van der Waals surface area contributed by atoms with Crippen LogP contribution >= 0.6 is 0 Å². The molecule has 0 aliphatic heterocycles. The van der Waals surface area contributed by atoms with Crippen LogP contribution in [0, 0.1) is 13.8 Å². The number of hydrogen-bond donors (Lipinski definition) is 1. The van der Waals surface area contributed by atoms with E-state index in [-0.39, 0.29) is 0 Å². The van der Waals surface area contributed by atoms with Gasteiger partial charge in [-0.05, 0) is 48.7 Å². The quantitative estimate of drug-likeness (QED) is 0.784. The molecule has 0 saturated heterocycles. The fourth-order valence-corrected chi connectivity index (χ4v) is 2.15. The van der Waals surface area contributed by atoms with Crippen molar-refractivity contribution in [1.29, 1.82) is 0 Å². The van der Waals surface area contributed by atoms with Crippen LogP contribution in [0.4, 0.5) is 0 Å². The van der Waals surface area contributed by atoms with Crippen molar-refractivity contribution < 1.29 is 9.47 Å². The van der Waals surface area contributed by atoms with E-state index in [1.165, 1.54) is 11.1 Å². The smallest absolute Gasteiger partial charge is 0.130 e. The van der Waals surface area contributed by atoms with E-state index in [0.29, 0.717) is 0 Å². The molecule has 0 atom stereocenters.